The summed E-state index contributed by atoms with van der Waals surface area (Å²) >= 11 is 0. The molecule has 1 heterocycles. The van der Waals surface area contributed by atoms with Gasteiger partial charge in [-0.05, 0) is 55.9 Å². The number of likely N-dealkylation sites (tertiary alicyclic amines) is 1. The molecule has 1 aliphatic carbocycles. The molecule has 1 saturated carbocycles. The van der Waals surface area contributed by atoms with Crippen LogP contribution < -0.4 is 5.32 Å². The van der Waals surface area contributed by atoms with Crippen molar-refractivity contribution in [3.05, 3.63) is 30.1 Å². The minimum Gasteiger partial charge on any atom is -0.321 e. The average molecular weight is 290 g/mol. The Hall–Kier alpha value is -1.58. The van der Waals surface area contributed by atoms with Gasteiger partial charge in [-0.2, -0.15) is 0 Å². The van der Waals surface area contributed by atoms with Crippen molar-refractivity contribution in [2.24, 2.45) is 5.92 Å². The van der Waals surface area contributed by atoms with Gasteiger partial charge in [0.1, 0.15) is 5.82 Å². The minimum atomic E-state index is -0.283. The highest BCUT2D eigenvalue weighted by atomic mass is 19.1. The van der Waals surface area contributed by atoms with Gasteiger partial charge in [-0.25, -0.2) is 9.18 Å². The van der Waals surface area contributed by atoms with Gasteiger partial charge < -0.3 is 10.2 Å². The molecule has 3 rings (SSSR count). The largest absolute Gasteiger partial charge is 0.322 e. The van der Waals surface area contributed by atoms with Gasteiger partial charge in [-0.15, -0.1) is 0 Å². The second-order valence-corrected chi connectivity index (χ2v) is 6.24. The van der Waals surface area contributed by atoms with E-state index in [1.165, 1.54) is 44.2 Å². The molecule has 0 radical (unpaired) electrons. The number of urea groups is 1. The number of benzene rings is 1. The Labute approximate surface area is 125 Å². The van der Waals surface area contributed by atoms with Crippen LogP contribution in [0, 0.1) is 11.7 Å². The first-order valence-corrected chi connectivity index (χ1v) is 8.07. The Morgan fingerprint density at radius 1 is 1.05 bits per heavy atom. The van der Waals surface area contributed by atoms with Crippen molar-refractivity contribution < 1.29 is 9.18 Å². The maximum Gasteiger partial charge on any atom is 0.322 e. The lowest BCUT2D eigenvalue weighted by molar-refractivity contribution is 0.166. The van der Waals surface area contributed by atoms with Crippen molar-refractivity contribution in [1.29, 1.82) is 0 Å². The van der Waals surface area contributed by atoms with Crippen LogP contribution in [0.5, 0.6) is 0 Å². The molecular weight excluding hydrogens is 267 g/mol. The van der Waals surface area contributed by atoms with Gasteiger partial charge >= 0.3 is 6.03 Å². The Bertz CT molecular complexity index is 482. The Kier molecular flexibility index (Phi) is 4.42. The minimum absolute atomic E-state index is 0.0327. The molecule has 1 saturated heterocycles. The second kappa shape index (κ2) is 6.46. The van der Waals surface area contributed by atoms with Crippen LogP contribution in [0.4, 0.5) is 14.9 Å². The molecule has 1 N–H and O–H groups in total. The van der Waals surface area contributed by atoms with Crippen molar-refractivity contribution >= 4 is 11.7 Å². The lowest BCUT2D eigenvalue weighted by Gasteiger charge is -2.34. The van der Waals surface area contributed by atoms with Crippen molar-refractivity contribution in [2.45, 2.75) is 51.0 Å². The molecule has 0 bridgehead atoms. The van der Waals surface area contributed by atoms with E-state index < -0.39 is 0 Å². The molecule has 2 fully saturated rings. The maximum absolute atomic E-state index is 12.9. The van der Waals surface area contributed by atoms with Crippen LogP contribution in [0.3, 0.4) is 0 Å². The summed E-state index contributed by atoms with van der Waals surface area (Å²) in [6.45, 7) is 0.841. The number of hydrogen-bond acceptors (Lipinski definition) is 1. The SMILES string of the molecule is O=C(Nc1ccc(F)cc1)N1CCCC1C1CCCCC1. The lowest BCUT2D eigenvalue weighted by atomic mass is 9.83. The van der Waals surface area contributed by atoms with Crippen LogP contribution in [0.15, 0.2) is 24.3 Å². The number of nitrogens with one attached hydrogen (secondary N) is 1. The van der Waals surface area contributed by atoms with E-state index in [2.05, 4.69) is 5.32 Å². The number of amides is 2. The first kappa shape index (κ1) is 14.4. The van der Waals surface area contributed by atoms with E-state index in [0.29, 0.717) is 17.6 Å². The molecule has 1 aromatic rings. The number of rotatable bonds is 2. The van der Waals surface area contributed by atoms with Gasteiger partial charge in [0.15, 0.2) is 0 Å². The van der Waals surface area contributed by atoms with Gasteiger partial charge in [0.05, 0.1) is 0 Å². The van der Waals surface area contributed by atoms with Crippen molar-refractivity contribution in [3.8, 4) is 0 Å². The quantitative estimate of drug-likeness (QED) is 0.860. The number of hydrogen-bond donors (Lipinski definition) is 1. The van der Waals surface area contributed by atoms with Gasteiger partial charge in [-0.3, -0.25) is 0 Å². The standard InChI is InChI=1S/C17H23FN2O/c18-14-8-10-15(11-9-14)19-17(21)20-12-4-7-16(20)13-5-2-1-3-6-13/h8-11,13,16H,1-7,12H2,(H,19,21). The molecular formula is C17H23FN2O. The summed E-state index contributed by atoms with van der Waals surface area (Å²) in [7, 11) is 0. The summed E-state index contributed by atoms with van der Waals surface area (Å²) in [5, 5.41) is 2.90. The van der Waals surface area contributed by atoms with E-state index >= 15 is 0 Å². The number of halogens is 1. The molecule has 114 valence electrons. The van der Waals surface area contributed by atoms with E-state index in [9.17, 15) is 9.18 Å². The summed E-state index contributed by atoms with van der Waals surface area (Å²) < 4.78 is 12.9. The van der Waals surface area contributed by atoms with E-state index in [1.807, 2.05) is 4.90 Å². The predicted molar refractivity (Wildman–Crippen MR) is 81.7 cm³/mol. The van der Waals surface area contributed by atoms with Crippen LogP contribution in [-0.2, 0) is 0 Å². The molecule has 2 amide bonds. The molecule has 0 spiro atoms. The number of nitrogens with zero attached hydrogens (tertiary/aromatic N) is 1. The zero-order valence-corrected chi connectivity index (χ0v) is 12.4. The number of carbonyl (C=O) groups excluding carboxylic acids is 1. The van der Waals surface area contributed by atoms with Crippen molar-refractivity contribution in [3.63, 3.8) is 0 Å². The molecule has 1 unspecified atom stereocenters. The highest BCUT2D eigenvalue weighted by Gasteiger charge is 2.35. The summed E-state index contributed by atoms with van der Waals surface area (Å²) in [5.74, 6) is 0.384. The summed E-state index contributed by atoms with van der Waals surface area (Å²) in [5.41, 5.74) is 0.663. The topological polar surface area (TPSA) is 32.3 Å². The summed E-state index contributed by atoms with van der Waals surface area (Å²) in [4.78, 5) is 14.5. The van der Waals surface area contributed by atoms with Crippen LogP contribution in [0.2, 0.25) is 0 Å². The third-order valence-corrected chi connectivity index (χ3v) is 4.85. The van der Waals surface area contributed by atoms with E-state index in [1.54, 1.807) is 12.1 Å². The van der Waals surface area contributed by atoms with Gasteiger partial charge in [0.2, 0.25) is 0 Å². The highest BCUT2D eigenvalue weighted by Crippen LogP contribution is 2.34. The van der Waals surface area contributed by atoms with Gasteiger partial charge in [0.25, 0.3) is 0 Å². The Morgan fingerprint density at radius 2 is 1.76 bits per heavy atom. The maximum atomic E-state index is 12.9. The van der Waals surface area contributed by atoms with Crippen LogP contribution in [-0.4, -0.2) is 23.5 Å². The molecule has 4 heteroatoms. The Morgan fingerprint density at radius 3 is 2.48 bits per heavy atom. The fourth-order valence-corrected chi connectivity index (χ4v) is 3.78. The zero-order valence-electron chi connectivity index (χ0n) is 12.4. The predicted octanol–water partition coefficient (Wildman–Crippen LogP) is 4.40. The molecule has 3 nitrogen and oxygen atoms in total. The highest BCUT2D eigenvalue weighted by molar-refractivity contribution is 5.89. The van der Waals surface area contributed by atoms with Crippen LogP contribution >= 0.6 is 0 Å². The van der Waals surface area contributed by atoms with Crippen molar-refractivity contribution in [1.82, 2.24) is 4.90 Å². The molecule has 1 aromatic carbocycles. The first-order chi connectivity index (χ1) is 10.2. The first-order valence-electron chi connectivity index (χ1n) is 8.07. The molecule has 1 aliphatic heterocycles. The lowest BCUT2D eigenvalue weighted by Crippen LogP contribution is -2.43. The average Bonchev–Trinajstić information content (AvgIpc) is 3.00. The van der Waals surface area contributed by atoms with Crippen molar-refractivity contribution in [2.75, 3.05) is 11.9 Å². The van der Waals surface area contributed by atoms with E-state index in [4.69, 9.17) is 0 Å². The van der Waals surface area contributed by atoms with Crippen LogP contribution in [0.1, 0.15) is 44.9 Å². The molecule has 21 heavy (non-hydrogen) atoms. The van der Waals surface area contributed by atoms with Gasteiger partial charge in [0, 0.05) is 18.3 Å². The van der Waals surface area contributed by atoms with E-state index in [-0.39, 0.29) is 11.8 Å². The zero-order chi connectivity index (χ0) is 14.7. The fourth-order valence-electron chi connectivity index (χ4n) is 3.78. The number of carbonyl (C=O) groups is 1. The molecule has 2 aliphatic rings. The normalized spacial score (nSPS) is 23.3. The molecule has 1 atom stereocenters. The fraction of sp³-hybridized carbons (Fsp3) is 0.588. The van der Waals surface area contributed by atoms with Crippen LogP contribution in [0.25, 0.3) is 0 Å². The second-order valence-electron chi connectivity index (χ2n) is 6.24. The summed E-state index contributed by atoms with van der Waals surface area (Å²) in [6.07, 6.45) is 8.67. The van der Waals surface area contributed by atoms with E-state index in [0.717, 1.165) is 19.4 Å². The Balaban J connectivity index is 1.63. The van der Waals surface area contributed by atoms with Gasteiger partial charge in [-0.1, -0.05) is 19.3 Å². The number of anilines is 1. The monoisotopic (exact) mass is 290 g/mol. The smallest absolute Gasteiger partial charge is 0.321 e. The summed E-state index contributed by atoms with van der Waals surface area (Å²) in [6, 6.07) is 6.33. The molecule has 0 aromatic heterocycles. The third kappa shape index (κ3) is 3.36. The third-order valence-electron chi connectivity index (χ3n) is 4.85.